The molecule has 0 bridgehead atoms. The van der Waals surface area contributed by atoms with Gasteiger partial charge in [-0.25, -0.2) is 0 Å². The molecule has 0 atom stereocenters. The summed E-state index contributed by atoms with van der Waals surface area (Å²) >= 11 is 0. The maximum absolute atomic E-state index is 5.69. The lowest BCUT2D eigenvalue weighted by Gasteiger charge is -2.01. The van der Waals surface area contributed by atoms with Crippen molar-refractivity contribution in [1.29, 1.82) is 0 Å². The van der Waals surface area contributed by atoms with E-state index in [1.165, 1.54) is 0 Å². The molecule has 0 amide bonds. The summed E-state index contributed by atoms with van der Waals surface area (Å²) in [6, 6.07) is 9.35. The first-order valence-corrected chi connectivity index (χ1v) is 5.73. The van der Waals surface area contributed by atoms with Gasteiger partial charge in [-0.05, 0) is 31.2 Å². The molecule has 0 aliphatic rings. The highest BCUT2D eigenvalue weighted by molar-refractivity contribution is 5.49. The van der Waals surface area contributed by atoms with E-state index in [0.29, 0.717) is 12.3 Å². The van der Waals surface area contributed by atoms with E-state index in [4.69, 9.17) is 10.5 Å². The highest BCUT2D eigenvalue weighted by Gasteiger charge is 1.94. The van der Waals surface area contributed by atoms with Crippen LogP contribution in [0.3, 0.4) is 0 Å². The zero-order valence-corrected chi connectivity index (χ0v) is 10.2. The lowest BCUT2D eigenvalue weighted by molar-refractivity contribution is 0.339. The van der Waals surface area contributed by atoms with Crippen LogP contribution in [-0.4, -0.2) is 11.6 Å². The Balaban J connectivity index is 2.21. The topological polar surface area (TPSA) is 48.1 Å². The molecule has 0 aliphatic heterocycles. The Morgan fingerprint density at radius 3 is 2.78 bits per heavy atom. The maximum atomic E-state index is 5.69. The minimum atomic E-state index is 0.619. The van der Waals surface area contributed by atoms with Crippen LogP contribution in [0.1, 0.15) is 18.1 Å². The number of rotatable bonds is 2. The van der Waals surface area contributed by atoms with Gasteiger partial charge in [0.05, 0.1) is 12.8 Å². The number of ether oxygens (including phenoxy) is 1. The molecule has 2 rings (SSSR count). The second-order valence-electron chi connectivity index (χ2n) is 3.72. The van der Waals surface area contributed by atoms with Crippen molar-refractivity contribution in [2.24, 2.45) is 0 Å². The van der Waals surface area contributed by atoms with Crippen molar-refractivity contribution in [1.82, 2.24) is 4.98 Å². The fourth-order valence-corrected chi connectivity index (χ4v) is 1.49. The van der Waals surface area contributed by atoms with E-state index in [-0.39, 0.29) is 0 Å². The second kappa shape index (κ2) is 5.74. The van der Waals surface area contributed by atoms with Crippen LogP contribution in [0, 0.1) is 11.8 Å². The fourth-order valence-electron chi connectivity index (χ4n) is 1.49. The highest BCUT2D eigenvalue weighted by atomic mass is 16.5. The number of hydrogen-bond donors (Lipinski definition) is 1. The largest absolute Gasteiger partial charge is 0.492 e. The van der Waals surface area contributed by atoms with Crippen molar-refractivity contribution in [2.75, 3.05) is 12.3 Å². The Morgan fingerprint density at radius 2 is 2.00 bits per heavy atom. The number of aromatic nitrogens is 1. The van der Waals surface area contributed by atoms with Crippen molar-refractivity contribution in [3.8, 4) is 17.6 Å². The van der Waals surface area contributed by atoms with Crippen LogP contribution in [0.4, 0.5) is 5.69 Å². The number of nitrogens with zero attached hydrogens (tertiary/aromatic N) is 1. The molecule has 3 heteroatoms. The number of hydrogen-bond acceptors (Lipinski definition) is 3. The monoisotopic (exact) mass is 238 g/mol. The predicted octanol–water partition coefficient (Wildman–Crippen LogP) is 2.46. The molecule has 90 valence electrons. The molecule has 2 N–H and O–H groups in total. The smallest absolute Gasteiger partial charge is 0.138 e. The van der Waals surface area contributed by atoms with E-state index in [0.717, 1.165) is 16.9 Å². The number of anilines is 1. The molecule has 0 unspecified atom stereocenters. The number of nitrogens with two attached hydrogens (primary N) is 1. The zero-order valence-electron chi connectivity index (χ0n) is 10.2. The van der Waals surface area contributed by atoms with E-state index < -0.39 is 0 Å². The lowest BCUT2D eigenvalue weighted by atomic mass is 10.2. The van der Waals surface area contributed by atoms with Crippen molar-refractivity contribution in [3.63, 3.8) is 0 Å². The van der Waals surface area contributed by atoms with Gasteiger partial charge in [-0.2, -0.15) is 0 Å². The van der Waals surface area contributed by atoms with Gasteiger partial charge in [0.15, 0.2) is 0 Å². The highest BCUT2D eigenvalue weighted by Crippen LogP contribution is 2.10. The molecule has 1 aromatic heterocycles. The van der Waals surface area contributed by atoms with Crippen LogP contribution >= 0.6 is 0 Å². The Labute approximate surface area is 107 Å². The van der Waals surface area contributed by atoms with E-state index in [2.05, 4.69) is 16.8 Å². The summed E-state index contributed by atoms with van der Waals surface area (Å²) in [5.41, 5.74) is 8.11. The van der Waals surface area contributed by atoms with Crippen LogP contribution in [0.15, 0.2) is 42.7 Å². The molecule has 3 nitrogen and oxygen atoms in total. The molecule has 0 spiro atoms. The van der Waals surface area contributed by atoms with Crippen LogP contribution < -0.4 is 10.5 Å². The van der Waals surface area contributed by atoms with Crippen LogP contribution in [0.5, 0.6) is 5.75 Å². The second-order valence-corrected chi connectivity index (χ2v) is 3.72. The van der Waals surface area contributed by atoms with Gasteiger partial charge >= 0.3 is 0 Å². The average molecular weight is 238 g/mol. The first-order chi connectivity index (χ1) is 8.78. The van der Waals surface area contributed by atoms with E-state index in [1.807, 2.05) is 37.3 Å². The summed E-state index contributed by atoms with van der Waals surface area (Å²) in [4.78, 5) is 4.08. The maximum Gasteiger partial charge on any atom is 0.138 e. The van der Waals surface area contributed by atoms with Crippen molar-refractivity contribution in [3.05, 3.63) is 53.9 Å². The molecule has 1 heterocycles. The molecule has 0 radical (unpaired) electrons. The lowest BCUT2D eigenvalue weighted by Crippen LogP contribution is -1.92. The van der Waals surface area contributed by atoms with Gasteiger partial charge in [0.25, 0.3) is 0 Å². The van der Waals surface area contributed by atoms with Crippen molar-refractivity contribution in [2.45, 2.75) is 6.92 Å². The third-order valence-electron chi connectivity index (χ3n) is 2.26. The zero-order chi connectivity index (χ0) is 12.8. The molecular weight excluding hydrogens is 224 g/mol. The summed E-state index contributed by atoms with van der Waals surface area (Å²) in [5, 5.41) is 0. The molecule has 0 saturated heterocycles. The van der Waals surface area contributed by atoms with E-state index in [9.17, 15) is 0 Å². The van der Waals surface area contributed by atoms with Gasteiger partial charge in [0, 0.05) is 23.0 Å². The van der Waals surface area contributed by atoms with Gasteiger partial charge in [-0.15, -0.1) is 0 Å². The Hall–Kier alpha value is -2.47. The molecule has 2 aromatic rings. The number of pyridine rings is 1. The van der Waals surface area contributed by atoms with Gasteiger partial charge < -0.3 is 10.5 Å². The Kier molecular flexibility index (Phi) is 3.83. The Bertz CT molecular complexity index is 597. The van der Waals surface area contributed by atoms with Gasteiger partial charge in [0.1, 0.15) is 5.75 Å². The quantitative estimate of drug-likeness (QED) is 0.646. The molecule has 1 aromatic carbocycles. The first kappa shape index (κ1) is 12.0. The van der Waals surface area contributed by atoms with Crippen molar-refractivity contribution < 1.29 is 4.74 Å². The fraction of sp³-hybridized carbons (Fsp3) is 0.133. The SMILES string of the molecule is CCOc1cncc(C#Cc2cccc(N)c2)c1. The number of benzene rings is 1. The summed E-state index contributed by atoms with van der Waals surface area (Å²) in [7, 11) is 0. The average Bonchev–Trinajstić information content (AvgIpc) is 2.37. The standard InChI is InChI=1S/C15H14N2O/c1-2-18-15-9-13(10-17-11-15)7-6-12-4-3-5-14(16)8-12/h3-5,8-11H,2,16H2,1H3. The summed E-state index contributed by atoms with van der Waals surface area (Å²) in [5.74, 6) is 6.82. The molecule has 0 fully saturated rings. The van der Waals surface area contributed by atoms with E-state index >= 15 is 0 Å². The minimum absolute atomic E-state index is 0.619. The van der Waals surface area contributed by atoms with Crippen LogP contribution in [0.2, 0.25) is 0 Å². The van der Waals surface area contributed by atoms with E-state index in [1.54, 1.807) is 12.4 Å². The normalized spacial score (nSPS) is 9.39. The van der Waals surface area contributed by atoms with Crippen LogP contribution in [0.25, 0.3) is 0 Å². The van der Waals surface area contributed by atoms with Crippen molar-refractivity contribution >= 4 is 5.69 Å². The summed E-state index contributed by atoms with van der Waals surface area (Å²) in [6.45, 7) is 2.55. The molecule has 0 aliphatic carbocycles. The van der Waals surface area contributed by atoms with Gasteiger partial charge in [-0.1, -0.05) is 17.9 Å². The molecule has 0 saturated carbocycles. The third kappa shape index (κ3) is 3.26. The molecular formula is C15H14N2O. The molecule has 18 heavy (non-hydrogen) atoms. The Morgan fingerprint density at radius 1 is 1.17 bits per heavy atom. The minimum Gasteiger partial charge on any atom is -0.492 e. The number of nitrogen functional groups attached to an aromatic ring is 1. The van der Waals surface area contributed by atoms with Gasteiger partial charge in [-0.3, -0.25) is 4.98 Å². The third-order valence-corrected chi connectivity index (χ3v) is 2.26. The summed E-state index contributed by atoms with van der Waals surface area (Å²) in [6.07, 6.45) is 3.39. The first-order valence-electron chi connectivity index (χ1n) is 5.73. The predicted molar refractivity (Wildman–Crippen MR) is 72.2 cm³/mol. The van der Waals surface area contributed by atoms with Crippen LogP contribution in [-0.2, 0) is 0 Å². The summed E-state index contributed by atoms with van der Waals surface area (Å²) < 4.78 is 5.37. The van der Waals surface area contributed by atoms with Gasteiger partial charge in [0.2, 0.25) is 0 Å².